The van der Waals surface area contributed by atoms with Crippen molar-refractivity contribution < 1.29 is 14.3 Å². The van der Waals surface area contributed by atoms with Gasteiger partial charge < -0.3 is 15.0 Å². The molecule has 0 radical (unpaired) electrons. The molecule has 1 N–H and O–H groups in total. The summed E-state index contributed by atoms with van der Waals surface area (Å²) >= 11 is 0. The van der Waals surface area contributed by atoms with E-state index in [2.05, 4.69) is 10.2 Å². The molecule has 1 aromatic rings. The van der Waals surface area contributed by atoms with Gasteiger partial charge in [-0.15, -0.1) is 0 Å². The molecular weight excluding hydrogens is 342 g/mol. The van der Waals surface area contributed by atoms with Crippen molar-refractivity contribution >= 4 is 17.5 Å². The first-order valence-corrected chi connectivity index (χ1v) is 10.2. The van der Waals surface area contributed by atoms with Crippen molar-refractivity contribution in [1.29, 1.82) is 0 Å². The number of carbonyl (C=O) groups excluding carboxylic acids is 2. The quantitative estimate of drug-likeness (QED) is 0.879. The van der Waals surface area contributed by atoms with Gasteiger partial charge in [-0.2, -0.15) is 0 Å². The molecule has 0 aromatic heterocycles. The van der Waals surface area contributed by atoms with Crippen LogP contribution in [0.2, 0.25) is 0 Å². The molecule has 0 spiro atoms. The number of likely N-dealkylation sites (tertiary alicyclic amines) is 1. The number of morpholine rings is 1. The Kier molecular flexibility index (Phi) is 5.74. The molecule has 0 bridgehead atoms. The molecule has 2 heterocycles. The lowest BCUT2D eigenvalue weighted by molar-refractivity contribution is -0.140. The standard InChI is InChI=1S/C21H29N3O3/c25-20-15-27-19-11-12-23(13-18(19)22-20)14-21(26)24(16-7-3-1-4-8-16)17-9-5-2-6-10-17/h1,3-4,7-8,17-19H,2,5-6,9-15H2,(H,22,25). The van der Waals surface area contributed by atoms with E-state index in [4.69, 9.17) is 4.74 Å². The second-order valence-electron chi connectivity index (χ2n) is 7.94. The zero-order valence-corrected chi connectivity index (χ0v) is 15.8. The summed E-state index contributed by atoms with van der Waals surface area (Å²) in [7, 11) is 0. The van der Waals surface area contributed by atoms with Gasteiger partial charge in [0.05, 0.1) is 18.7 Å². The summed E-state index contributed by atoms with van der Waals surface area (Å²) in [5.41, 5.74) is 0.999. The Balaban J connectivity index is 1.44. The van der Waals surface area contributed by atoms with Gasteiger partial charge in [-0.1, -0.05) is 37.5 Å². The highest BCUT2D eigenvalue weighted by Gasteiger charge is 2.36. The molecule has 27 heavy (non-hydrogen) atoms. The third kappa shape index (κ3) is 4.33. The lowest BCUT2D eigenvalue weighted by Gasteiger charge is -2.42. The maximum Gasteiger partial charge on any atom is 0.246 e. The van der Waals surface area contributed by atoms with Gasteiger partial charge in [-0.3, -0.25) is 14.5 Å². The molecular formula is C21H29N3O3. The summed E-state index contributed by atoms with van der Waals surface area (Å²) < 4.78 is 5.63. The Morgan fingerprint density at radius 3 is 2.70 bits per heavy atom. The van der Waals surface area contributed by atoms with Crippen molar-refractivity contribution in [3.8, 4) is 0 Å². The summed E-state index contributed by atoms with van der Waals surface area (Å²) in [4.78, 5) is 29.1. The normalized spacial score (nSPS) is 26.9. The van der Waals surface area contributed by atoms with Gasteiger partial charge in [0.2, 0.25) is 11.8 Å². The molecule has 1 saturated carbocycles. The number of para-hydroxylation sites is 1. The predicted molar refractivity (Wildman–Crippen MR) is 104 cm³/mol. The SMILES string of the molecule is O=C1COC2CCN(CC(=O)N(c3ccccc3)C3CCCCC3)CC2N1. The number of hydrogen-bond donors (Lipinski definition) is 1. The number of ether oxygens (including phenoxy) is 1. The van der Waals surface area contributed by atoms with Crippen LogP contribution < -0.4 is 10.2 Å². The van der Waals surface area contributed by atoms with Crippen molar-refractivity contribution in [2.24, 2.45) is 0 Å². The van der Waals surface area contributed by atoms with Gasteiger partial charge in [0, 0.05) is 24.8 Å². The highest BCUT2D eigenvalue weighted by Crippen LogP contribution is 2.28. The van der Waals surface area contributed by atoms with Crippen molar-refractivity contribution in [1.82, 2.24) is 10.2 Å². The van der Waals surface area contributed by atoms with E-state index in [0.29, 0.717) is 19.1 Å². The van der Waals surface area contributed by atoms with Crippen LogP contribution in [-0.4, -0.2) is 61.1 Å². The van der Waals surface area contributed by atoms with Gasteiger partial charge in [-0.25, -0.2) is 0 Å². The summed E-state index contributed by atoms with van der Waals surface area (Å²) in [6.45, 7) is 2.06. The molecule has 2 unspecified atom stereocenters. The van der Waals surface area contributed by atoms with Crippen LogP contribution in [0, 0.1) is 0 Å². The Hall–Kier alpha value is -1.92. The number of nitrogens with one attached hydrogen (secondary N) is 1. The molecule has 2 amide bonds. The minimum absolute atomic E-state index is 0.00680. The number of rotatable bonds is 4. The average Bonchev–Trinajstić information content (AvgIpc) is 2.69. The predicted octanol–water partition coefficient (Wildman–Crippen LogP) is 1.94. The summed E-state index contributed by atoms with van der Waals surface area (Å²) in [6.07, 6.45) is 6.74. The van der Waals surface area contributed by atoms with Gasteiger partial charge in [0.15, 0.2) is 0 Å². The van der Waals surface area contributed by atoms with E-state index in [1.54, 1.807) is 0 Å². The second-order valence-corrected chi connectivity index (χ2v) is 7.94. The summed E-state index contributed by atoms with van der Waals surface area (Å²) in [5, 5.41) is 3.02. The molecule has 3 aliphatic rings. The van der Waals surface area contributed by atoms with Gasteiger partial charge >= 0.3 is 0 Å². The molecule has 2 saturated heterocycles. The van der Waals surface area contributed by atoms with Gasteiger partial charge in [0.1, 0.15) is 6.61 Å². The Morgan fingerprint density at radius 2 is 1.93 bits per heavy atom. The number of hydrogen-bond acceptors (Lipinski definition) is 4. The second kappa shape index (κ2) is 8.40. The van der Waals surface area contributed by atoms with E-state index in [1.165, 1.54) is 19.3 Å². The third-order valence-corrected chi connectivity index (χ3v) is 6.01. The fourth-order valence-electron chi connectivity index (χ4n) is 4.66. The lowest BCUT2D eigenvalue weighted by Crippen LogP contribution is -2.61. The Bertz CT molecular complexity index is 660. The van der Waals surface area contributed by atoms with E-state index in [-0.39, 0.29) is 30.6 Å². The largest absolute Gasteiger partial charge is 0.366 e. The number of benzene rings is 1. The fraction of sp³-hybridized carbons (Fsp3) is 0.619. The Labute approximate surface area is 160 Å². The molecule has 1 aromatic carbocycles. The van der Waals surface area contributed by atoms with E-state index in [1.807, 2.05) is 35.2 Å². The van der Waals surface area contributed by atoms with Crippen molar-refractivity contribution in [3.05, 3.63) is 30.3 Å². The first kappa shape index (κ1) is 18.4. The van der Waals surface area contributed by atoms with E-state index in [9.17, 15) is 9.59 Å². The monoisotopic (exact) mass is 371 g/mol. The van der Waals surface area contributed by atoms with Gasteiger partial charge in [-0.05, 0) is 31.4 Å². The molecule has 6 nitrogen and oxygen atoms in total. The van der Waals surface area contributed by atoms with Crippen LogP contribution in [0.15, 0.2) is 30.3 Å². The Morgan fingerprint density at radius 1 is 1.15 bits per heavy atom. The van der Waals surface area contributed by atoms with Crippen LogP contribution >= 0.6 is 0 Å². The topological polar surface area (TPSA) is 61.9 Å². The van der Waals surface area contributed by atoms with Crippen LogP contribution in [-0.2, 0) is 14.3 Å². The van der Waals surface area contributed by atoms with E-state index < -0.39 is 0 Å². The van der Waals surface area contributed by atoms with E-state index >= 15 is 0 Å². The van der Waals surface area contributed by atoms with Crippen LogP contribution in [0.25, 0.3) is 0 Å². The molecule has 146 valence electrons. The number of piperidine rings is 1. The van der Waals surface area contributed by atoms with Crippen LogP contribution in [0.4, 0.5) is 5.69 Å². The minimum Gasteiger partial charge on any atom is -0.366 e. The van der Waals surface area contributed by atoms with Crippen LogP contribution in [0.1, 0.15) is 38.5 Å². The molecule has 2 aliphatic heterocycles. The van der Waals surface area contributed by atoms with Crippen molar-refractivity contribution in [2.45, 2.75) is 56.7 Å². The molecule has 6 heteroatoms. The fourth-order valence-corrected chi connectivity index (χ4v) is 4.66. The van der Waals surface area contributed by atoms with Crippen LogP contribution in [0.3, 0.4) is 0 Å². The molecule has 2 atom stereocenters. The van der Waals surface area contributed by atoms with E-state index in [0.717, 1.165) is 31.5 Å². The maximum atomic E-state index is 13.3. The minimum atomic E-state index is -0.0578. The zero-order chi connectivity index (χ0) is 18.6. The number of anilines is 1. The lowest BCUT2D eigenvalue weighted by atomic mass is 9.93. The zero-order valence-electron chi connectivity index (χ0n) is 15.8. The average molecular weight is 371 g/mol. The molecule has 3 fully saturated rings. The smallest absolute Gasteiger partial charge is 0.246 e. The highest BCUT2D eigenvalue weighted by atomic mass is 16.5. The summed E-state index contributed by atoms with van der Waals surface area (Å²) in [6, 6.07) is 10.3. The number of fused-ring (bicyclic) bond motifs is 1. The number of nitrogens with zero attached hydrogens (tertiary/aromatic N) is 2. The van der Waals surface area contributed by atoms with Gasteiger partial charge in [0.25, 0.3) is 0 Å². The number of carbonyl (C=O) groups is 2. The maximum absolute atomic E-state index is 13.3. The first-order chi connectivity index (χ1) is 13.2. The first-order valence-electron chi connectivity index (χ1n) is 10.2. The highest BCUT2D eigenvalue weighted by molar-refractivity contribution is 5.95. The number of amides is 2. The molecule has 4 rings (SSSR count). The van der Waals surface area contributed by atoms with Crippen LogP contribution in [0.5, 0.6) is 0 Å². The third-order valence-electron chi connectivity index (χ3n) is 6.01. The molecule has 1 aliphatic carbocycles. The van der Waals surface area contributed by atoms with Crippen molar-refractivity contribution in [2.75, 3.05) is 31.1 Å². The van der Waals surface area contributed by atoms with Crippen molar-refractivity contribution in [3.63, 3.8) is 0 Å². The summed E-state index contributed by atoms with van der Waals surface area (Å²) in [5.74, 6) is 0.104.